The molecule has 1 fully saturated rings. The van der Waals surface area contributed by atoms with E-state index < -0.39 is 36.5 Å². The number of aliphatic hydroxyl groups excluding tert-OH is 1. The van der Waals surface area contributed by atoms with Gasteiger partial charge in [-0.05, 0) is 6.92 Å². The van der Waals surface area contributed by atoms with Gasteiger partial charge in [0.15, 0.2) is 18.5 Å². The van der Waals surface area contributed by atoms with Crippen LogP contribution in [0, 0.1) is 0 Å². The fourth-order valence-electron chi connectivity index (χ4n) is 1.48. The van der Waals surface area contributed by atoms with Crippen LogP contribution in [0.15, 0.2) is 0 Å². The Bertz CT molecular complexity index is 237. The summed E-state index contributed by atoms with van der Waals surface area (Å²) in [6.45, 7) is 4.07. The van der Waals surface area contributed by atoms with Crippen molar-refractivity contribution < 1.29 is 28.9 Å². The highest BCUT2D eigenvalue weighted by molar-refractivity contribution is 5.67. The smallest absolute Gasteiger partial charge is 0.303 e. The van der Waals surface area contributed by atoms with Crippen molar-refractivity contribution in [2.24, 2.45) is 0 Å². The highest BCUT2D eigenvalue weighted by Crippen LogP contribution is 2.25. The van der Waals surface area contributed by atoms with Crippen LogP contribution in [0.1, 0.15) is 20.8 Å². The number of rotatable bonds is 2. The SMILES string of the molecule is CC(=O)O[C@@H]1[C@@H](OC(C)=O)[C@H](O)O[C@H]1C. The minimum Gasteiger partial charge on any atom is -0.456 e. The maximum absolute atomic E-state index is 10.8. The number of carbonyl (C=O) groups is 2. The van der Waals surface area contributed by atoms with E-state index >= 15 is 0 Å². The second kappa shape index (κ2) is 4.59. The number of ether oxygens (including phenoxy) is 3. The summed E-state index contributed by atoms with van der Waals surface area (Å²) in [5.41, 5.74) is 0. The van der Waals surface area contributed by atoms with Crippen LogP contribution in [0.5, 0.6) is 0 Å². The first-order valence-electron chi connectivity index (χ1n) is 4.59. The zero-order chi connectivity index (χ0) is 11.6. The van der Waals surface area contributed by atoms with Gasteiger partial charge in [0, 0.05) is 13.8 Å². The van der Waals surface area contributed by atoms with Gasteiger partial charge in [0.25, 0.3) is 0 Å². The minimum absolute atomic E-state index is 0.506. The van der Waals surface area contributed by atoms with Gasteiger partial charge in [-0.2, -0.15) is 0 Å². The molecule has 15 heavy (non-hydrogen) atoms. The fraction of sp³-hybridized carbons (Fsp3) is 0.778. The second-order valence-electron chi connectivity index (χ2n) is 3.38. The lowest BCUT2D eigenvalue weighted by molar-refractivity contribution is -0.174. The Labute approximate surface area is 87.1 Å². The Morgan fingerprint density at radius 2 is 1.60 bits per heavy atom. The number of aliphatic hydroxyl groups is 1. The lowest BCUT2D eigenvalue weighted by Crippen LogP contribution is -2.39. The Morgan fingerprint density at radius 3 is 2.07 bits per heavy atom. The van der Waals surface area contributed by atoms with Crippen LogP contribution in [-0.2, 0) is 23.8 Å². The molecular weight excluding hydrogens is 204 g/mol. The van der Waals surface area contributed by atoms with E-state index in [1.807, 2.05) is 0 Å². The van der Waals surface area contributed by atoms with Gasteiger partial charge >= 0.3 is 11.9 Å². The van der Waals surface area contributed by atoms with Crippen molar-refractivity contribution in [1.29, 1.82) is 0 Å². The first kappa shape index (κ1) is 11.9. The van der Waals surface area contributed by atoms with Gasteiger partial charge in [-0.25, -0.2) is 0 Å². The standard InChI is InChI=1S/C9H14O6/c1-4-7(14-5(2)10)8(9(12)13-4)15-6(3)11/h4,7-9,12H,1-3H3/t4-,7-,8+,9+/m0/s1. The fourth-order valence-corrected chi connectivity index (χ4v) is 1.48. The van der Waals surface area contributed by atoms with Crippen molar-refractivity contribution in [3.8, 4) is 0 Å². The summed E-state index contributed by atoms with van der Waals surface area (Å²) in [4.78, 5) is 21.5. The monoisotopic (exact) mass is 218 g/mol. The van der Waals surface area contributed by atoms with E-state index in [0.29, 0.717) is 0 Å². The van der Waals surface area contributed by atoms with E-state index in [1.54, 1.807) is 6.92 Å². The van der Waals surface area contributed by atoms with Crippen molar-refractivity contribution in [3.63, 3.8) is 0 Å². The largest absolute Gasteiger partial charge is 0.456 e. The summed E-state index contributed by atoms with van der Waals surface area (Å²) >= 11 is 0. The van der Waals surface area contributed by atoms with E-state index in [9.17, 15) is 14.7 Å². The van der Waals surface area contributed by atoms with Crippen LogP contribution in [0.4, 0.5) is 0 Å². The van der Waals surface area contributed by atoms with Crippen molar-refractivity contribution >= 4 is 11.9 Å². The third kappa shape index (κ3) is 2.90. The predicted molar refractivity (Wildman–Crippen MR) is 47.7 cm³/mol. The van der Waals surface area contributed by atoms with Crippen LogP contribution in [0.25, 0.3) is 0 Å². The molecule has 1 aliphatic heterocycles. The molecule has 1 heterocycles. The third-order valence-corrected chi connectivity index (χ3v) is 2.03. The topological polar surface area (TPSA) is 82.1 Å². The van der Waals surface area contributed by atoms with Crippen LogP contribution in [0.3, 0.4) is 0 Å². The van der Waals surface area contributed by atoms with Crippen LogP contribution < -0.4 is 0 Å². The average molecular weight is 218 g/mol. The Morgan fingerprint density at radius 1 is 1.13 bits per heavy atom. The third-order valence-electron chi connectivity index (χ3n) is 2.03. The first-order valence-corrected chi connectivity index (χ1v) is 4.59. The lowest BCUT2D eigenvalue weighted by Gasteiger charge is -2.20. The van der Waals surface area contributed by atoms with Gasteiger partial charge in [0.2, 0.25) is 0 Å². The Kier molecular flexibility index (Phi) is 3.65. The molecule has 0 bridgehead atoms. The molecule has 4 atom stereocenters. The highest BCUT2D eigenvalue weighted by atomic mass is 16.7. The molecule has 0 aromatic rings. The van der Waals surface area contributed by atoms with Crippen molar-refractivity contribution in [2.45, 2.75) is 45.4 Å². The van der Waals surface area contributed by atoms with Crippen LogP contribution in [0.2, 0.25) is 0 Å². The van der Waals surface area contributed by atoms with Gasteiger partial charge in [0.1, 0.15) is 0 Å². The van der Waals surface area contributed by atoms with Gasteiger partial charge in [-0.15, -0.1) is 0 Å². The lowest BCUT2D eigenvalue weighted by atomic mass is 10.1. The zero-order valence-electron chi connectivity index (χ0n) is 8.80. The van der Waals surface area contributed by atoms with E-state index in [2.05, 4.69) is 0 Å². The summed E-state index contributed by atoms with van der Waals surface area (Å²) in [5, 5.41) is 9.40. The predicted octanol–water partition coefficient (Wildman–Crippen LogP) is -0.413. The molecule has 0 amide bonds. The number of esters is 2. The molecule has 1 saturated heterocycles. The molecule has 6 heteroatoms. The molecule has 1 N–H and O–H groups in total. The first-order chi connectivity index (χ1) is 6.91. The summed E-state index contributed by atoms with van der Waals surface area (Å²) in [6, 6.07) is 0. The normalized spacial score (nSPS) is 34.9. The van der Waals surface area contributed by atoms with Crippen LogP contribution in [-0.4, -0.2) is 41.6 Å². The molecule has 0 aromatic carbocycles. The van der Waals surface area contributed by atoms with Gasteiger partial charge < -0.3 is 19.3 Å². The summed E-state index contributed by atoms with van der Waals surface area (Å²) in [5.74, 6) is -1.07. The average Bonchev–Trinajstić information content (AvgIpc) is 2.30. The number of hydrogen-bond acceptors (Lipinski definition) is 6. The Hall–Kier alpha value is -1.14. The second-order valence-corrected chi connectivity index (χ2v) is 3.38. The van der Waals surface area contributed by atoms with Gasteiger partial charge in [-0.1, -0.05) is 0 Å². The molecule has 86 valence electrons. The molecule has 0 aliphatic carbocycles. The summed E-state index contributed by atoms with van der Waals surface area (Å²) in [7, 11) is 0. The summed E-state index contributed by atoms with van der Waals surface area (Å²) in [6.07, 6.45) is -3.48. The van der Waals surface area contributed by atoms with E-state index in [-0.39, 0.29) is 0 Å². The maximum atomic E-state index is 10.8. The highest BCUT2D eigenvalue weighted by Gasteiger charge is 2.46. The number of hydrogen-bond donors (Lipinski definition) is 1. The van der Waals surface area contributed by atoms with Crippen LogP contribution >= 0.6 is 0 Å². The molecule has 0 saturated carbocycles. The Balaban J connectivity index is 2.70. The quantitative estimate of drug-likeness (QED) is 0.634. The molecular formula is C9H14O6. The summed E-state index contributed by atoms with van der Waals surface area (Å²) < 4.78 is 14.7. The maximum Gasteiger partial charge on any atom is 0.303 e. The molecule has 0 radical (unpaired) electrons. The van der Waals surface area contributed by atoms with E-state index in [1.165, 1.54) is 13.8 Å². The minimum atomic E-state index is -1.26. The van der Waals surface area contributed by atoms with Crippen molar-refractivity contribution in [2.75, 3.05) is 0 Å². The van der Waals surface area contributed by atoms with E-state index in [0.717, 1.165) is 0 Å². The van der Waals surface area contributed by atoms with Gasteiger partial charge in [-0.3, -0.25) is 9.59 Å². The van der Waals surface area contributed by atoms with E-state index in [4.69, 9.17) is 14.2 Å². The molecule has 1 rings (SSSR count). The molecule has 0 aromatic heterocycles. The van der Waals surface area contributed by atoms with Crippen molar-refractivity contribution in [1.82, 2.24) is 0 Å². The van der Waals surface area contributed by atoms with Crippen molar-refractivity contribution in [3.05, 3.63) is 0 Å². The zero-order valence-corrected chi connectivity index (χ0v) is 8.80. The molecule has 1 aliphatic rings. The molecule has 0 spiro atoms. The van der Waals surface area contributed by atoms with Gasteiger partial charge in [0.05, 0.1) is 6.10 Å². The molecule has 6 nitrogen and oxygen atoms in total. The number of carbonyl (C=O) groups excluding carboxylic acids is 2. The molecule has 0 unspecified atom stereocenters.